The van der Waals surface area contributed by atoms with Crippen molar-refractivity contribution < 1.29 is 4.42 Å². The lowest BCUT2D eigenvalue weighted by atomic mass is 9.86. The third-order valence-corrected chi connectivity index (χ3v) is 5.49. The van der Waals surface area contributed by atoms with E-state index in [1.165, 1.54) is 11.1 Å². The summed E-state index contributed by atoms with van der Waals surface area (Å²) >= 11 is 0. The Labute approximate surface area is 170 Å². The monoisotopic (exact) mass is 380 g/mol. The molecule has 3 aromatic heterocycles. The number of rotatable bonds is 2. The lowest BCUT2D eigenvalue weighted by Crippen LogP contribution is -2.10. The molecular weight excluding hydrogens is 356 g/mol. The van der Waals surface area contributed by atoms with E-state index in [1.807, 2.05) is 24.7 Å². The fraction of sp³-hybridized carbons (Fsp3) is 0.231. The molecule has 0 aliphatic rings. The van der Waals surface area contributed by atoms with Crippen LogP contribution in [-0.2, 0) is 6.42 Å². The van der Waals surface area contributed by atoms with Crippen LogP contribution in [0.4, 0.5) is 0 Å². The fourth-order valence-electron chi connectivity index (χ4n) is 4.10. The van der Waals surface area contributed by atoms with E-state index in [9.17, 15) is 0 Å². The Bertz CT molecular complexity index is 1370. The second kappa shape index (κ2) is 6.41. The third kappa shape index (κ3) is 3.07. The van der Waals surface area contributed by atoms with Gasteiger partial charge in [-0.05, 0) is 54.2 Å². The van der Waals surface area contributed by atoms with Crippen molar-refractivity contribution in [2.24, 2.45) is 5.41 Å². The number of para-hydroxylation sites is 1. The van der Waals surface area contributed by atoms with Crippen LogP contribution in [-0.4, -0.2) is 9.97 Å². The topological polar surface area (TPSA) is 38.9 Å². The summed E-state index contributed by atoms with van der Waals surface area (Å²) in [5, 5.41) is 4.42. The smallest absolute Gasteiger partial charge is 0.144 e. The van der Waals surface area contributed by atoms with Crippen LogP contribution < -0.4 is 0 Å². The maximum atomic E-state index is 6.45. The Morgan fingerprint density at radius 2 is 1.72 bits per heavy atom. The van der Waals surface area contributed by atoms with Gasteiger partial charge in [-0.2, -0.15) is 0 Å². The zero-order valence-corrected chi connectivity index (χ0v) is 17.3. The molecule has 144 valence electrons. The molecule has 3 nitrogen and oxygen atoms in total. The summed E-state index contributed by atoms with van der Waals surface area (Å²) < 4.78 is 6.45. The minimum Gasteiger partial charge on any atom is -0.455 e. The lowest BCUT2D eigenvalue weighted by molar-refractivity contribution is 0.410. The largest absolute Gasteiger partial charge is 0.455 e. The first-order valence-corrected chi connectivity index (χ1v) is 10.0. The molecule has 0 unspecified atom stereocenters. The summed E-state index contributed by atoms with van der Waals surface area (Å²) in [6, 6.07) is 14.8. The minimum atomic E-state index is 0.224. The van der Waals surface area contributed by atoms with E-state index in [2.05, 4.69) is 69.1 Å². The molecule has 0 N–H and O–H groups in total. The molecule has 0 saturated carbocycles. The lowest BCUT2D eigenvalue weighted by Gasteiger charge is -2.20. The molecule has 0 atom stereocenters. The Hall–Kier alpha value is -3.20. The molecule has 2 aromatic carbocycles. The summed E-state index contributed by atoms with van der Waals surface area (Å²) in [5.74, 6) is 0. The second-order valence-electron chi connectivity index (χ2n) is 9.06. The molecule has 3 heteroatoms. The molecule has 0 bridgehead atoms. The van der Waals surface area contributed by atoms with Gasteiger partial charge in [0.15, 0.2) is 0 Å². The van der Waals surface area contributed by atoms with E-state index in [1.54, 1.807) is 0 Å². The Balaban J connectivity index is 1.76. The standard InChI is InChI=1S/C26H24N2O/c1-16-14-28-23(12-18(16)13-26(2,3)4)22-7-5-6-20-21-9-8-17-15-27-11-10-19(17)24(21)29-25(20)22/h5-12,14-15H,13H2,1-4H3. The van der Waals surface area contributed by atoms with Crippen LogP contribution in [0.25, 0.3) is 44.0 Å². The Morgan fingerprint density at radius 3 is 2.55 bits per heavy atom. The predicted molar refractivity (Wildman–Crippen MR) is 120 cm³/mol. The van der Waals surface area contributed by atoms with Crippen LogP contribution in [0.15, 0.2) is 65.5 Å². The molecule has 0 amide bonds. The van der Waals surface area contributed by atoms with Crippen molar-refractivity contribution in [1.29, 1.82) is 0 Å². The van der Waals surface area contributed by atoms with Crippen molar-refractivity contribution in [2.45, 2.75) is 34.1 Å². The van der Waals surface area contributed by atoms with Crippen LogP contribution in [0.3, 0.4) is 0 Å². The van der Waals surface area contributed by atoms with E-state index < -0.39 is 0 Å². The van der Waals surface area contributed by atoms with Crippen molar-refractivity contribution in [3.8, 4) is 11.3 Å². The molecule has 5 aromatic rings. The zero-order chi connectivity index (χ0) is 20.2. The van der Waals surface area contributed by atoms with Gasteiger partial charge in [-0.1, -0.05) is 39.0 Å². The average molecular weight is 380 g/mol. The van der Waals surface area contributed by atoms with Crippen LogP contribution in [0.2, 0.25) is 0 Å². The predicted octanol–water partition coefficient (Wildman–Crippen LogP) is 7.09. The van der Waals surface area contributed by atoms with Gasteiger partial charge in [0.05, 0.1) is 5.69 Å². The van der Waals surface area contributed by atoms with Crippen molar-refractivity contribution >= 4 is 32.7 Å². The van der Waals surface area contributed by atoms with E-state index in [-0.39, 0.29) is 5.41 Å². The van der Waals surface area contributed by atoms with Gasteiger partial charge in [-0.3, -0.25) is 9.97 Å². The summed E-state index contributed by atoms with van der Waals surface area (Å²) in [6.45, 7) is 8.95. The van der Waals surface area contributed by atoms with Gasteiger partial charge in [0, 0.05) is 45.7 Å². The first-order valence-electron chi connectivity index (χ1n) is 10.0. The van der Waals surface area contributed by atoms with Crippen molar-refractivity contribution in [3.63, 3.8) is 0 Å². The summed E-state index contributed by atoms with van der Waals surface area (Å²) in [6.07, 6.45) is 6.69. The van der Waals surface area contributed by atoms with Crippen molar-refractivity contribution in [1.82, 2.24) is 9.97 Å². The first-order chi connectivity index (χ1) is 13.9. The Kier molecular flexibility index (Phi) is 3.95. The van der Waals surface area contributed by atoms with E-state index in [4.69, 9.17) is 9.40 Å². The van der Waals surface area contributed by atoms with Gasteiger partial charge in [-0.15, -0.1) is 0 Å². The molecule has 3 heterocycles. The molecule has 0 saturated heterocycles. The summed E-state index contributed by atoms with van der Waals surface area (Å²) in [7, 11) is 0. The first kappa shape index (κ1) is 17.9. The highest BCUT2D eigenvalue weighted by molar-refractivity contribution is 6.16. The number of aromatic nitrogens is 2. The molecule has 0 fully saturated rings. The maximum absolute atomic E-state index is 6.45. The highest BCUT2D eigenvalue weighted by atomic mass is 16.3. The van der Waals surface area contributed by atoms with Gasteiger partial charge in [0.1, 0.15) is 11.2 Å². The minimum absolute atomic E-state index is 0.224. The molecule has 0 aliphatic carbocycles. The van der Waals surface area contributed by atoms with Crippen LogP contribution in [0.5, 0.6) is 0 Å². The van der Waals surface area contributed by atoms with Gasteiger partial charge < -0.3 is 4.42 Å². The number of hydrogen-bond acceptors (Lipinski definition) is 3. The van der Waals surface area contributed by atoms with Crippen LogP contribution >= 0.6 is 0 Å². The highest BCUT2D eigenvalue weighted by Gasteiger charge is 2.17. The zero-order valence-electron chi connectivity index (χ0n) is 17.3. The number of benzene rings is 2. The second-order valence-corrected chi connectivity index (χ2v) is 9.06. The van der Waals surface area contributed by atoms with Gasteiger partial charge in [0.2, 0.25) is 0 Å². The van der Waals surface area contributed by atoms with Gasteiger partial charge in [0.25, 0.3) is 0 Å². The van der Waals surface area contributed by atoms with Crippen LogP contribution in [0, 0.1) is 12.3 Å². The number of aryl methyl sites for hydroxylation is 1. The molecule has 0 aliphatic heterocycles. The van der Waals surface area contributed by atoms with E-state index in [0.29, 0.717) is 0 Å². The number of fused-ring (bicyclic) bond motifs is 5. The summed E-state index contributed by atoms with van der Waals surface area (Å²) in [4.78, 5) is 8.99. The SMILES string of the molecule is Cc1cnc(-c2cccc3c2oc2c4ccncc4ccc32)cc1CC(C)(C)C. The van der Waals surface area contributed by atoms with Crippen LogP contribution in [0.1, 0.15) is 31.9 Å². The summed E-state index contributed by atoms with van der Waals surface area (Å²) in [5.41, 5.74) is 6.61. The van der Waals surface area contributed by atoms with Gasteiger partial charge >= 0.3 is 0 Å². The van der Waals surface area contributed by atoms with E-state index in [0.717, 1.165) is 50.4 Å². The fourth-order valence-corrected chi connectivity index (χ4v) is 4.10. The van der Waals surface area contributed by atoms with Crippen molar-refractivity contribution in [3.05, 3.63) is 72.2 Å². The number of nitrogens with zero attached hydrogens (tertiary/aromatic N) is 2. The number of pyridine rings is 2. The van der Waals surface area contributed by atoms with Crippen molar-refractivity contribution in [2.75, 3.05) is 0 Å². The quantitative estimate of drug-likeness (QED) is 0.328. The average Bonchev–Trinajstić information content (AvgIpc) is 3.08. The molecule has 0 radical (unpaired) electrons. The third-order valence-electron chi connectivity index (χ3n) is 5.49. The number of furan rings is 1. The Morgan fingerprint density at radius 1 is 0.897 bits per heavy atom. The molecule has 0 spiro atoms. The molecular formula is C26H24N2O. The number of hydrogen-bond donors (Lipinski definition) is 0. The maximum Gasteiger partial charge on any atom is 0.144 e. The van der Waals surface area contributed by atoms with E-state index >= 15 is 0 Å². The molecule has 5 rings (SSSR count). The molecule has 29 heavy (non-hydrogen) atoms. The highest BCUT2D eigenvalue weighted by Crippen LogP contribution is 2.38. The van der Waals surface area contributed by atoms with Gasteiger partial charge in [-0.25, -0.2) is 0 Å². The normalized spacial score (nSPS) is 12.3.